The molecule has 1 fully saturated rings. The number of nitrogens with zero attached hydrogens (tertiary/aromatic N) is 1. The van der Waals surface area contributed by atoms with E-state index in [4.69, 9.17) is 4.98 Å². The first-order valence-corrected chi connectivity index (χ1v) is 9.26. The molecule has 0 aliphatic heterocycles. The van der Waals surface area contributed by atoms with Gasteiger partial charge < -0.3 is 5.32 Å². The lowest BCUT2D eigenvalue weighted by atomic mass is 10.1. The normalized spacial score (nSPS) is 14.6. The molecule has 1 saturated carbocycles. The zero-order valence-electron chi connectivity index (χ0n) is 12.6. The minimum Gasteiger partial charge on any atom is -0.309 e. The molecule has 4 heteroatoms. The molecule has 21 heavy (non-hydrogen) atoms. The van der Waals surface area contributed by atoms with Gasteiger partial charge in [-0.15, -0.1) is 11.3 Å². The van der Waals surface area contributed by atoms with Gasteiger partial charge in [-0.25, -0.2) is 4.98 Å². The van der Waals surface area contributed by atoms with Gasteiger partial charge in [0, 0.05) is 27.5 Å². The molecule has 0 radical (unpaired) electrons. The van der Waals surface area contributed by atoms with Crippen molar-refractivity contribution in [3.8, 4) is 10.6 Å². The van der Waals surface area contributed by atoms with E-state index in [1.165, 1.54) is 34.5 Å². The van der Waals surface area contributed by atoms with E-state index < -0.39 is 0 Å². The maximum absolute atomic E-state index is 4.90. The van der Waals surface area contributed by atoms with Crippen molar-refractivity contribution in [2.75, 3.05) is 0 Å². The van der Waals surface area contributed by atoms with Crippen LogP contribution in [0.1, 0.15) is 42.3 Å². The van der Waals surface area contributed by atoms with E-state index in [0.717, 1.165) is 34.9 Å². The van der Waals surface area contributed by atoms with Crippen LogP contribution in [0.2, 0.25) is 0 Å². The standard InChI is InChI=1S/C17H21BrN2S/c1-3-4-15-16(10-19-13-7-8-13)21-17(20-15)12-6-5-11(2)14(18)9-12/h5-6,9,13,19H,3-4,7-8,10H2,1-2H3. The van der Waals surface area contributed by atoms with Crippen molar-refractivity contribution >= 4 is 27.3 Å². The summed E-state index contributed by atoms with van der Waals surface area (Å²) in [5, 5.41) is 4.76. The molecule has 2 nitrogen and oxygen atoms in total. The molecule has 1 aliphatic rings. The summed E-state index contributed by atoms with van der Waals surface area (Å²) in [5.74, 6) is 0. The molecule has 0 saturated heterocycles. The number of aromatic nitrogens is 1. The van der Waals surface area contributed by atoms with Crippen LogP contribution in [0.25, 0.3) is 10.6 Å². The Labute approximate surface area is 139 Å². The summed E-state index contributed by atoms with van der Waals surface area (Å²) < 4.78 is 1.16. The summed E-state index contributed by atoms with van der Waals surface area (Å²) in [5.41, 5.74) is 3.76. The number of thiazole rings is 1. The molecular weight excluding hydrogens is 344 g/mol. The lowest BCUT2D eigenvalue weighted by Crippen LogP contribution is -2.15. The quantitative estimate of drug-likeness (QED) is 0.772. The third-order valence-corrected chi connectivity index (χ3v) is 5.81. The second kappa shape index (κ2) is 6.59. The lowest BCUT2D eigenvalue weighted by Gasteiger charge is -2.01. The third kappa shape index (κ3) is 3.74. The highest BCUT2D eigenvalue weighted by molar-refractivity contribution is 9.10. The first-order chi connectivity index (χ1) is 10.2. The summed E-state index contributed by atoms with van der Waals surface area (Å²) in [6.45, 7) is 5.31. The minimum absolute atomic E-state index is 0.749. The Morgan fingerprint density at radius 3 is 2.86 bits per heavy atom. The van der Waals surface area contributed by atoms with Crippen LogP contribution < -0.4 is 5.32 Å². The first-order valence-electron chi connectivity index (χ1n) is 7.66. The van der Waals surface area contributed by atoms with E-state index in [1.807, 2.05) is 11.3 Å². The highest BCUT2D eigenvalue weighted by Gasteiger charge is 2.21. The van der Waals surface area contributed by atoms with E-state index in [2.05, 4.69) is 53.3 Å². The van der Waals surface area contributed by atoms with Crippen molar-refractivity contribution in [2.45, 2.75) is 52.1 Å². The SMILES string of the molecule is CCCc1nc(-c2ccc(C)c(Br)c2)sc1CNC1CC1. The third-order valence-electron chi connectivity index (χ3n) is 3.81. The number of aryl methyl sites for hydroxylation is 2. The fourth-order valence-corrected chi connectivity index (χ4v) is 3.76. The molecule has 1 aromatic heterocycles. The van der Waals surface area contributed by atoms with Crippen LogP contribution in [-0.4, -0.2) is 11.0 Å². The zero-order chi connectivity index (χ0) is 14.8. The number of benzene rings is 1. The van der Waals surface area contributed by atoms with Gasteiger partial charge in [-0.3, -0.25) is 0 Å². The molecule has 1 aromatic carbocycles. The summed E-state index contributed by atoms with van der Waals surface area (Å²) in [6.07, 6.45) is 4.89. The number of nitrogens with one attached hydrogen (secondary N) is 1. The first kappa shape index (κ1) is 15.2. The summed E-state index contributed by atoms with van der Waals surface area (Å²) in [6, 6.07) is 7.26. The van der Waals surface area contributed by atoms with Crippen LogP contribution in [0.3, 0.4) is 0 Å². The minimum atomic E-state index is 0.749. The van der Waals surface area contributed by atoms with Gasteiger partial charge in [0.25, 0.3) is 0 Å². The average Bonchev–Trinajstić information content (AvgIpc) is 3.21. The molecule has 3 rings (SSSR count). The molecule has 1 N–H and O–H groups in total. The Hall–Kier alpha value is -0.710. The molecular formula is C17H21BrN2S. The Bertz CT molecular complexity index is 632. The van der Waals surface area contributed by atoms with Crippen molar-refractivity contribution in [3.05, 3.63) is 38.8 Å². The molecule has 0 bridgehead atoms. The largest absolute Gasteiger partial charge is 0.309 e. The van der Waals surface area contributed by atoms with Crippen LogP contribution in [0.15, 0.2) is 22.7 Å². The van der Waals surface area contributed by atoms with Gasteiger partial charge in [-0.1, -0.05) is 41.4 Å². The summed E-state index contributed by atoms with van der Waals surface area (Å²) >= 11 is 5.46. The lowest BCUT2D eigenvalue weighted by molar-refractivity contribution is 0.686. The summed E-state index contributed by atoms with van der Waals surface area (Å²) in [4.78, 5) is 6.31. The average molecular weight is 365 g/mol. The topological polar surface area (TPSA) is 24.9 Å². The Kier molecular flexibility index (Phi) is 4.77. The molecule has 2 aromatic rings. The second-order valence-corrected chi connectivity index (χ2v) is 7.70. The highest BCUT2D eigenvalue weighted by Crippen LogP contribution is 2.32. The Balaban J connectivity index is 1.86. The van der Waals surface area contributed by atoms with Crippen molar-refractivity contribution < 1.29 is 0 Å². The van der Waals surface area contributed by atoms with Gasteiger partial charge in [0.05, 0.1) is 5.69 Å². The van der Waals surface area contributed by atoms with Gasteiger partial charge in [0.15, 0.2) is 0 Å². The van der Waals surface area contributed by atoms with E-state index in [1.54, 1.807) is 0 Å². The number of hydrogen-bond donors (Lipinski definition) is 1. The molecule has 0 amide bonds. The van der Waals surface area contributed by atoms with Crippen LogP contribution in [0.4, 0.5) is 0 Å². The maximum Gasteiger partial charge on any atom is 0.123 e. The molecule has 0 spiro atoms. The van der Waals surface area contributed by atoms with E-state index in [0.29, 0.717) is 0 Å². The van der Waals surface area contributed by atoms with Crippen molar-refractivity contribution in [1.29, 1.82) is 0 Å². The molecule has 1 heterocycles. The van der Waals surface area contributed by atoms with Gasteiger partial charge in [0.2, 0.25) is 0 Å². The smallest absolute Gasteiger partial charge is 0.123 e. The van der Waals surface area contributed by atoms with E-state index in [-0.39, 0.29) is 0 Å². The molecule has 112 valence electrons. The van der Waals surface area contributed by atoms with Crippen molar-refractivity contribution in [1.82, 2.24) is 10.3 Å². The predicted molar refractivity (Wildman–Crippen MR) is 93.8 cm³/mol. The zero-order valence-corrected chi connectivity index (χ0v) is 15.0. The fourth-order valence-electron chi connectivity index (χ4n) is 2.33. The number of rotatable bonds is 6. The van der Waals surface area contributed by atoms with E-state index >= 15 is 0 Å². The maximum atomic E-state index is 4.90. The molecule has 0 unspecified atom stereocenters. The predicted octanol–water partition coefficient (Wildman–Crippen LogP) is 5.09. The Morgan fingerprint density at radius 1 is 1.38 bits per heavy atom. The van der Waals surface area contributed by atoms with Gasteiger partial charge >= 0.3 is 0 Å². The van der Waals surface area contributed by atoms with Crippen LogP contribution in [-0.2, 0) is 13.0 Å². The molecule has 1 aliphatic carbocycles. The fraction of sp³-hybridized carbons (Fsp3) is 0.471. The van der Waals surface area contributed by atoms with Crippen molar-refractivity contribution in [2.24, 2.45) is 0 Å². The Morgan fingerprint density at radius 2 is 2.19 bits per heavy atom. The van der Waals surface area contributed by atoms with Crippen LogP contribution in [0.5, 0.6) is 0 Å². The van der Waals surface area contributed by atoms with Gasteiger partial charge in [0.1, 0.15) is 5.01 Å². The number of halogens is 1. The van der Waals surface area contributed by atoms with Crippen LogP contribution >= 0.6 is 27.3 Å². The van der Waals surface area contributed by atoms with Gasteiger partial charge in [-0.05, 0) is 37.8 Å². The van der Waals surface area contributed by atoms with Crippen molar-refractivity contribution in [3.63, 3.8) is 0 Å². The highest BCUT2D eigenvalue weighted by atomic mass is 79.9. The van der Waals surface area contributed by atoms with Gasteiger partial charge in [-0.2, -0.15) is 0 Å². The van der Waals surface area contributed by atoms with Crippen LogP contribution in [0, 0.1) is 6.92 Å². The number of hydrogen-bond acceptors (Lipinski definition) is 3. The second-order valence-electron chi connectivity index (χ2n) is 5.76. The monoisotopic (exact) mass is 364 g/mol. The molecule has 0 atom stereocenters. The van der Waals surface area contributed by atoms with E-state index in [9.17, 15) is 0 Å². The summed E-state index contributed by atoms with van der Waals surface area (Å²) in [7, 11) is 0.